The standard InChI is InChI=1S/C21H23NO2.C21H24O3.C21H22O3.C20H23NO3.C20H21NO3/c1-23-20-10-6-7-17(15-20)12-13-18-8-2-3-11-21(18)24-16-19-9-4-5-14-22-19;2*1-22-19-10-6-7-17(15-19)12-13-18-8-2-3-11-21(18)24-16-20-9-4-5-14-23-20;2*1-22-19-7-4-5-16(13-19)9-10-17-6-2-3-8-20(17)24-15-18-14-23-12-11-21-18/h2-3,5-11,14-15,22H,4,12-13,16H2,1H3;2-3,6-11,15H,4-5,12-14,16H2,1H3;2-3,5-11,14-15H,4,12-13,16H2,1H3;2-8,13-14,21H,9-12,15H2,1H3;2-8,11-14,21H,9-10,15H2,1H3. The summed E-state index contributed by atoms with van der Waals surface area (Å²) in [5.41, 5.74) is 15.3. The van der Waals surface area contributed by atoms with Gasteiger partial charge in [0, 0.05) is 18.4 Å². The Morgan fingerprint density at radius 1 is 0.317 bits per heavy atom. The first-order valence-electron chi connectivity index (χ1n) is 41.2. The number of hydrogen-bond donors (Lipinski definition) is 3. The van der Waals surface area contributed by atoms with Crippen molar-refractivity contribution in [2.24, 2.45) is 0 Å². The van der Waals surface area contributed by atoms with Gasteiger partial charge in [0.25, 0.3) is 0 Å². The van der Waals surface area contributed by atoms with E-state index in [4.69, 9.17) is 66.3 Å². The van der Waals surface area contributed by atoms with Crippen LogP contribution in [0.3, 0.4) is 0 Å². The van der Waals surface area contributed by atoms with Crippen molar-refractivity contribution in [2.75, 3.05) is 88.3 Å². The van der Waals surface area contributed by atoms with Gasteiger partial charge in [0.15, 0.2) is 0 Å². The first-order valence-corrected chi connectivity index (χ1v) is 41.2. The molecule has 5 aliphatic rings. The van der Waals surface area contributed by atoms with E-state index < -0.39 is 0 Å². The minimum absolute atomic E-state index is 0.445. The van der Waals surface area contributed by atoms with Gasteiger partial charge in [-0.1, -0.05) is 164 Å². The van der Waals surface area contributed by atoms with E-state index in [0.29, 0.717) is 39.6 Å². The Balaban J connectivity index is 0.000000147. The average Bonchev–Trinajstić information content (AvgIpc) is 0.880. The monoisotopic (exact) mass is 1620 g/mol. The Hall–Kier alpha value is -13.3. The lowest BCUT2D eigenvalue weighted by Gasteiger charge is -2.18. The molecular formula is C103H113N3O14. The summed E-state index contributed by atoms with van der Waals surface area (Å²) in [4.78, 5) is 0. The van der Waals surface area contributed by atoms with E-state index >= 15 is 0 Å². The van der Waals surface area contributed by atoms with E-state index in [9.17, 15) is 0 Å². The van der Waals surface area contributed by atoms with Gasteiger partial charge in [-0.05, 0) is 261 Å². The van der Waals surface area contributed by atoms with Crippen LogP contribution in [0.2, 0.25) is 0 Å². The smallest absolute Gasteiger partial charge is 0.145 e. The van der Waals surface area contributed by atoms with E-state index in [1.807, 2.05) is 152 Å². The van der Waals surface area contributed by atoms with Crippen molar-refractivity contribution in [2.45, 2.75) is 89.9 Å². The molecule has 0 saturated carbocycles. The Kier molecular flexibility index (Phi) is 36.7. The summed E-state index contributed by atoms with van der Waals surface area (Å²) in [6.07, 6.45) is 34.2. The second kappa shape index (κ2) is 50.4. The van der Waals surface area contributed by atoms with E-state index in [-0.39, 0.29) is 0 Å². The maximum Gasteiger partial charge on any atom is 0.145 e. The zero-order valence-corrected chi connectivity index (χ0v) is 69.7. The summed E-state index contributed by atoms with van der Waals surface area (Å²) < 4.78 is 77.8. The van der Waals surface area contributed by atoms with E-state index in [1.54, 1.807) is 66.8 Å². The van der Waals surface area contributed by atoms with Crippen molar-refractivity contribution in [3.8, 4) is 57.5 Å². The van der Waals surface area contributed by atoms with Crippen LogP contribution in [0.1, 0.15) is 81.3 Å². The molecule has 0 unspecified atom stereocenters. The minimum atomic E-state index is 0.445. The van der Waals surface area contributed by atoms with Crippen LogP contribution in [0.15, 0.2) is 339 Å². The lowest BCUT2D eigenvalue weighted by atomic mass is 10.0. The number of ether oxygens (including phenoxy) is 14. The summed E-state index contributed by atoms with van der Waals surface area (Å²) in [6.45, 7) is 4.81. The van der Waals surface area contributed by atoms with Gasteiger partial charge >= 0.3 is 0 Å². The molecule has 120 heavy (non-hydrogen) atoms. The zero-order chi connectivity index (χ0) is 83.1. The molecule has 17 heteroatoms. The second-order valence-corrected chi connectivity index (χ2v) is 28.5. The van der Waals surface area contributed by atoms with Crippen molar-refractivity contribution in [3.05, 3.63) is 395 Å². The van der Waals surface area contributed by atoms with Crippen LogP contribution in [0, 0.1) is 0 Å². The van der Waals surface area contributed by atoms with Gasteiger partial charge in [-0.25, -0.2) is 0 Å². The van der Waals surface area contributed by atoms with Crippen molar-refractivity contribution >= 4 is 0 Å². The van der Waals surface area contributed by atoms with Gasteiger partial charge in [0.1, 0.15) is 127 Å². The number of hydrogen-bond acceptors (Lipinski definition) is 17. The fourth-order valence-corrected chi connectivity index (χ4v) is 13.4. The van der Waals surface area contributed by atoms with Crippen LogP contribution < -0.4 is 63.3 Å². The highest BCUT2D eigenvalue weighted by molar-refractivity contribution is 5.42. The number of para-hydroxylation sites is 5. The Morgan fingerprint density at radius 2 is 0.692 bits per heavy atom. The van der Waals surface area contributed by atoms with Crippen LogP contribution in [-0.4, -0.2) is 88.3 Å². The van der Waals surface area contributed by atoms with E-state index in [2.05, 4.69) is 143 Å². The molecule has 0 fully saturated rings. The number of nitrogens with one attached hydrogen (secondary N) is 3. The summed E-state index contributed by atoms with van der Waals surface area (Å²) in [5.74, 6) is 10.9. The maximum atomic E-state index is 6.02. The Morgan fingerprint density at radius 3 is 1.03 bits per heavy atom. The first-order chi connectivity index (χ1) is 59.2. The van der Waals surface area contributed by atoms with Gasteiger partial charge in [-0.3, -0.25) is 0 Å². The molecule has 0 bridgehead atoms. The molecule has 0 spiro atoms. The van der Waals surface area contributed by atoms with Crippen molar-refractivity contribution in [1.82, 2.24) is 16.0 Å². The number of rotatable bonds is 35. The van der Waals surface area contributed by atoms with Crippen LogP contribution in [0.4, 0.5) is 0 Å². The molecule has 10 aromatic carbocycles. The SMILES string of the molecule is COc1cccc(CCc2ccccc2OCC2=CCC=CN2)c1.COc1cccc(CCc2ccccc2OCC2=CCC=CO2)c1.COc1cccc(CCc2ccccc2OCC2=CCCCO2)c1.COc1cccc(CCc2ccccc2OCC2=COC=CN2)c1.COc1cccc(CCc2ccccc2OCC2=COCCN2)c1. The van der Waals surface area contributed by atoms with Crippen LogP contribution in [0.5, 0.6) is 57.5 Å². The molecule has 17 nitrogen and oxygen atoms in total. The summed E-state index contributed by atoms with van der Waals surface area (Å²) in [6, 6.07) is 82.0. The number of methoxy groups -OCH3 is 5. The molecule has 0 atom stereocenters. The lowest BCUT2D eigenvalue weighted by Crippen LogP contribution is -2.26. The predicted octanol–water partition coefficient (Wildman–Crippen LogP) is 20.6. The fourth-order valence-electron chi connectivity index (χ4n) is 13.4. The third-order valence-corrected chi connectivity index (χ3v) is 20.0. The molecular weight excluding hydrogens is 1500 g/mol. The largest absolute Gasteiger partial charge is 0.497 e. The van der Waals surface area contributed by atoms with Gasteiger partial charge in [0.05, 0.1) is 59.8 Å². The molecule has 5 aliphatic heterocycles. The molecule has 15 rings (SSSR count). The van der Waals surface area contributed by atoms with E-state index in [1.165, 1.54) is 55.6 Å². The lowest BCUT2D eigenvalue weighted by molar-refractivity contribution is 0.153. The molecule has 10 aromatic rings. The molecule has 5 heterocycles. The minimum Gasteiger partial charge on any atom is -0.497 e. The second-order valence-electron chi connectivity index (χ2n) is 28.5. The number of aryl methyl sites for hydroxylation is 10. The van der Waals surface area contributed by atoms with E-state index in [0.717, 1.165) is 189 Å². The number of benzene rings is 10. The van der Waals surface area contributed by atoms with Crippen molar-refractivity contribution in [3.63, 3.8) is 0 Å². The summed E-state index contributed by atoms with van der Waals surface area (Å²) >= 11 is 0. The highest BCUT2D eigenvalue weighted by Gasteiger charge is 2.15. The first kappa shape index (κ1) is 87.6. The molecule has 0 amide bonds. The molecule has 0 saturated heterocycles. The summed E-state index contributed by atoms with van der Waals surface area (Å²) in [7, 11) is 8.48. The molecule has 0 radical (unpaired) electrons. The van der Waals surface area contributed by atoms with Gasteiger partial charge in [-0.2, -0.15) is 0 Å². The Bertz CT molecular complexity index is 4370. The van der Waals surface area contributed by atoms with Crippen molar-refractivity contribution in [1.29, 1.82) is 0 Å². The molecule has 624 valence electrons. The quantitative estimate of drug-likeness (QED) is 0.0343. The van der Waals surface area contributed by atoms with Gasteiger partial charge in [0.2, 0.25) is 0 Å². The molecule has 0 aromatic heterocycles. The van der Waals surface area contributed by atoms with Gasteiger partial charge < -0.3 is 82.3 Å². The van der Waals surface area contributed by atoms with Crippen LogP contribution in [-0.2, 0) is 83.2 Å². The number of allylic oxidation sites excluding steroid dienone is 5. The predicted molar refractivity (Wildman–Crippen MR) is 476 cm³/mol. The maximum absolute atomic E-state index is 6.02. The average molecular weight is 1620 g/mol. The van der Waals surface area contributed by atoms with Crippen molar-refractivity contribution < 1.29 is 66.3 Å². The zero-order valence-electron chi connectivity index (χ0n) is 69.7. The third-order valence-electron chi connectivity index (χ3n) is 20.0. The highest BCUT2D eigenvalue weighted by Crippen LogP contribution is 2.29. The van der Waals surface area contributed by atoms with Gasteiger partial charge in [-0.15, -0.1) is 0 Å². The van der Waals surface area contributed by atoms with Crippen LogP contribution >= 0.6 is 0 Å². The normalized spacial score (nSPS) is 13.3. The Labute approximate surface area is 708 Å². The topological polar surface area (TPSA) is 165 Å². The fraction of sp³-hybridized carbons (Fsp3) is 0.262. The summed E-state index contributed by atoms with van der Waals surface area (Å²) in [5, 5.41) is 9.59. The molecule has 3 N–H and O–H groups in total. The third kappa shape index (κ3) is 30.6. The molecule has 0 aliphatic carbocycles. The van der Waals surface area contributed by atoms with Crippen LogP contribution in [0.25, 0.3) is 0 Å². The highest BCUT2D eigenvalue weighted by atomic mass is 16.5. The number of dihydropyridines is 1.